The number of hydrogen-bond acceptors (Lipinski definition) is 1. The second-order valence-corrected chi connectivity index (χ2v) is 6.23. The largest absolute Gasteiger partial charge is 0.316 e. The summed E-state index contributed by atoms with van der Waals surface area (Å²) in [4.78, 5) is 0. The minimum atomic E-state index is -0.119. The maximum Gasteiger partial charge on any atom is 0.126 e. The number of hydrogen-bond donors (Lipinski definition) is 1. The van der Waals surface area contributed by atoms with Gasteiger partial charge in [0.2, 0.25) is 0 Å². The lowest BCUT2D eigenvalue weighted by molar-refractivity contribution is 0.275. The maximum atomic E-state index is 13.9. The van der Waals surface area contributed by atoms with Crippen molar-refractivity contribution in [1.29, 1.82) is 0 Å². The predicted octanol–water partition coefficient (Wildman–Crippen LogP) is 4.58. The van der Waals surface area contributed by atoms with Crippen LogP contribution in [-0.2, 0) is 6.42 Å². The highest BCUT2D eigenvalue weighted by atomic mass is 35.5. The molecule has 1 aromatic carbocycles. The minimum Gasteiger partial charge on any atom is -0.316 e. The molecule has 0 radical (unpaired) electrons. The van der Waals surface area contributed by atoms with Crippen molar-refractivity contribution in [2.75, 3.05) is 13.1 Å². The van der Waals surface area contributed by atoms with Crippen LogP contribution in [0.5, 0.6) is 0 Å². The minimum absolute atomic E-state index is 0.119. The van der Waals surface area contributed by atoms with E-state index in [1.165, 1.54) is 31.7 Å². The molecule has 0 heterocycles. The molecule has 1 N–H and O–H groups in total. The number of benzene rings is 1. The van der Waals surface area contributed by atoms with Crippen LogP contribution in [0.15, 0.2) is 18.2 Å². The Morgan fingerprint density at radius 3 is 2.74 bits per heavy atom. The summed E-state index contributed by atoms with van der Waals surface area (Å²) < 4.78 is 13.9. The van der Waals surface area contributed by atoms with Crippen molar-refractivity contribution < 1.29 is 4.39 Å². The fraction of sp³-hybridized carbons (Fsp3) is 0.625. The summed E-state index contributed by atoms with van der Waals surface area (Å²) in [6.45, 7) is 4.21. The quantitative estimate of drug-likeness (QED) is 0.754. The van der Waals surface area contributed by atoms with Gasteiger partial charge in [-0.2, -0.15) is 0 Å². The van der Waals surface area contributed by atoms with Gasteiger partial charge in [-0.1, -0.05) is 31.4 Å². The molecule has 0 saturated heterocycles. The maximum absolute atomic E-state index is 13.9. The van der Waals surface area contributed by atoms with Crippen LogP contribution in [0.4, 0.5) is 4.39 Å². The smallest absolute Gasteiger partial charge is 0.126 e. The van der Waals surface area contributed by atoms with Crippen molar-refractivity contribution >= 4 is 11.6 Å². The Balaban J connectivity index is 2.09. The van der Waals surface area contributed by atoms with Crippen molar-refractivity contribution in [3.63, 3.8) is 0 Å². The SMILES string of the molecule is CCCNCC1(Cc2cc(Cl)ccc2F)CCCC1. The van der Waals surface area contributed by atoms with Gasteiger partial charge in [0, 0.05) is 11.6 Å². The molecule has 1 aromatic rings. The first-order chi connectivity index (χ1) is 9.15. The highest BCUT2D eigenvalue weighted by molar-refractivity contribution is 6.30. The highest BCUT2D eigenvalue weighted by Crippen LogP contribution is 2.41. The summed E-state index contributed by atoms with van der Waals surface area (Å²) in [5.74, 6) is -0.119. The van der Waals surface area contributed by atoms with Crippen molar-refractivity contribution in [2.24, 2.45) is 5.41 Å². The van der Waals surface area contributed by atoms with Gasteiger partial charge in [0.05, 0.1) is 0 Å². The molecule has 1 saturated carbocycles. The Hall–Kier alpha value is -0.600. The average molecular weight is 284 g/mol. The summed E-state index contributed by atoms with van der Waals surface area (Å²) >= 11 is 5.99. The molecule has 3 heteroatoms. The molecular weight excluding hydrogens is 261 g/mol. The highest BCUT2D eigenvalue weighted by Gasteiger charge is 2.34. The zero-order chi connectivity index (χ0) is 13.7. The van der Waals surface area contributed by atoms with Gasteiger partial charge < -0.3 is 5.32 Å². The number of nitrogens with one attached hydrogen (secondary N) is 1. The summed E-state index contributed by atoms with van der Waals surface area (Å²) in [6.07, 6.45) is 6.84. The molecule has 0 aliphatic heterocycles. The summed E-state index contributed by atoms with van der Waals surface area (Å²) in [5, 5.41) is 4.15. The van der Waals surface area contributed by atoms with Crippen LogP contribution < -0.4 is 5.32 Å². The third-order valence-electron chi connectivity index (χ3n) is 4.16. The molecule has 0 spiro atoms. The first-order valence-corrected chi connectivity index (χ1v) is 7.68. The molecule has 1 nitrogen and oxygen atoms in total. The van der Waals surface area contributed by atoms with Gasteiger partial charge in [0.1, 0.15) is 5.82 Å². The van der Waals surface area contributed by atoms with Crippen molar-refractivity contribution in [2.45, 2.75) is 45.4 Å². The van der Waals surface area contributed by atoms with Crippen LogP contribution in [0.3, 0.4) is 0 Å². The third-order valence-corrected chi connectivity index (χ3v) is 4.40. The van der Waals surface area contributed by atoms with E-state index in [1.54, 1.807) is 12.1 Å². The molecule has 0 unspecified atom stereocenters. The fourth-order valence-corrected chi connectivity index (χ4v) is 3.35. The summed E-state index contributed by atoms with van der Waals surface area (Å²) in [7, 11) is 0. The van der Waals surface area contributed by atoms with Crippen molar-refractivity contribution in [3.8, 4) is 0 Å². The first-order valence-electron chi connectivity index (χ1n) is 7.30. The van der Waals surface area contributed by atoms with Gasteiger partial charge in [-0.3, -0.25) is 0 Å². The fourth-order valence-electron chi connectivity index (χ4n) is 3.15. The van der Waals surface area contributed by atoms with E-state index in [0.717, 1.165) is 31.5 Å². The molecule has 1 aliphatic rings. The van der Waals surface area contributed by atoms with Crippen LogP contribution in [0.2, 0.25) is 5.02 Å². The monoisotopic (exact) mass is 283 g/mol. The predicted molar refractivity (Wildman–Crippen MR) is 79.2 cm³/mol. The molecule has 0 amide bonds. The van der Waals surface area contributed by atoms with Gasteiger partial charge in [0.15, 0.2) is 0 Å². The van der Waals surface area contributed by atoms with Crippen molar-refractivity contribution in [3.05, 3.63) is 34.6 Å². The third kappa shape index (κ3) is 3.93. The molecule has 0 aromatic heterocycles. The van der Waals surface area contributed by atoms with Crippen LogP contribution in [-0.4, -0.2) is 13.1 Å². The van der Waals surface area contributed by atoms with E-state index in [0.29, 0.717) is 5.02 Å². The summed E-state index contributed by atoms with van der Waals surface area (Å²) in [5.41, 5.74) is 0.994. The Kier molecular flexibility index (Phi) is 5.23. The van der Waals surface area contributed by atoms with Crippen LogP contribution in [0.1, 0.15) is 44.6 Å². The van der Waals surface area contributed by atoms with Crippen molar-refractivity contribution in [1.82, 2.24) is 5.32 Å². The molecule has 0 atom stereocenters. The van der Waals surface area contributed by atoms with E-state index in [9.17, 15) is 4.39 Å². The average Bonchev–Trinajstić information content (AvgIpc) is 2.83. The molecule has 19 heavy (non-hydrogen) atoms. The molecule has 0 bridgehead atoms. The lowest BCUT2D eigenvalue weighted by atomic mass is 9.79. The Morgan fingerprint density at radius 2 is 2.05 bits per heavy atom. The zero-order valence-corrected chi connectivity index (χ0v) is 12.4. The second-order valence-electron chi connectivity index (χ2n) is 5.80. The lowest BCUT2D eigenvalue weighted by Crippen LogP contribution is -2.34. The van der Waals surface area contributed by atoms with Gasteiger partial charge >= 0.3 is 0 Å². The molecular formula is C16H23ClFN. The van der Waals surface area contributed by atoms with Crippen LogP contribution in [0, 0.1) is 11.2 Å². The lowest BCUT2D eigenvalue weighted by Gasteiger charge is -2.30. The Morgan fingerprint density at radius 1 is 1.32 bits per heavy atom. The second kappa shape index (κ2) is 6.71. The van der Waals surface area contributed by atoms with E-state index < -0.39 is 0 Å². The van der Waals surface area contributed by atoms with E-state index in [-0.39, 0.29) is 11.2 Å². The van der Waals surface area contributed by atoms with Crippen LogP contribution >= 0.6 is 11.6 Å². The molecule has 106 valence electrons. The summed E-state index contributed by atoms with van der Waals surface area (Å²) in [6, 6.07) is 4.90. The van der Waals surface area contributed by atoms with Crippen LogP contribution in [0.25, 0.3) is 0 Å². The topological polar surface area (TPSA) is 12.0 Å². The van der Waals surface area contributed by atoms with Gasteiger partial charge in [-0.15, -0.1) is 0 Å². The standard InChI is InChI=1S/C16H23ClFN/c1-2-9-19-12-16(7-3-4-8-16)11-13-10-14(17)5-6-15(13)18/h5-6,10,19H,2-4,7-9,11-12H2,1H3. The van der Waals surface area contributed by atoms with E-state index in [2.05, 4.69) is 12.2 Å². The number of halogens is 2. The van der Waals surface area contributed by atoms with E-state index in [4.69, 9.17) is 11.6 Å². The zero-order valence-electron chi connectivity index (χ0n) is 11.6. The van der Waals surface area contributed by atoms with Gasteiger partial charge in [-0.25, -0.2) is 4.39 Å². The normalized spacial score (nSPS) is 17.8. The van der Waals surface area contributed by atoms with Gasteiger partial charge in [0.25, 0.3) is 0 Å². The number of rotatable bonds is 6. The molecule has 1 aliphatic carbocycles. The Bertz CT molecular complexity index is 413. The molecule has 1 fully saturated rings. The molecule has 2 rings (SSSR count). The first kappa shape index (κ1) is 14.8. The van der Waals surface area contributed by atoms with E-state index in [1.807, 2.05) is 0 Å². The van der Waals surface area contributed by atoms with E-state index >= 15 is 0 Å². The Labute approximate surface area is 120 Å². The van der Waals surface area contributed by atoms with Gasteiger partial charge in [-0.05, 0) is 61.4 Å².